The molecule has 1 unspecified atom stereocenters. The van der Waals surface area contributed by atoms with Crippen LogP contribution in [0.5, 0.6) is 0 Å². The molecule has 116 valence electrons. The Bertz CT molecular complexity index is 644. The first-order valence-corrected chi connectivity index (χ1v) is 7.18. The summed E-state index contributed by atoms with van der Waals surface area (Å²) in [7, 11) is 0. The lowest BCUT2D eigenvalue weighted by molar-refractivity contribution is 0.315. The van der Waals surface area contributed by atoms with E-state index in [1.165, 1.54) is 0 Å². The molecule has 0 saturated carbocycles. The van der Waals surface area contributed by atoms with Gasteiger partial charge in [-0.25, -0.2) is 18.7 Å². The van der Waals surface area contributed by atoms with Crippen molar-refractivity contribution in [1.82, 2.24) is 19.9 Å². The summed E-state index contributed by atoms with van der Waals surface area (Å²) in [6.07, 6.45) is 4.68. The zero-order chi connectivity index (χ0) is 15.5. The summed E-state index contributed by atoms with van der Waals surface area (Å²) in [6.45, 7) is 3.61. The van der Waals surface area contributed by atoms with Crippen LogP contribution < -0.4 is 5.32 Å². The number of hydrogen-bond donors (Lipinski definition) is 1. The lowest BCUT2D eigenvalue weighted by Gasteiger charge is -2.17. The van der Waals surface area contributed by atoms with Gasteiger partial charge in [-0.2, -0.15) is 0 Å². The molecule has 1 N–H and O–H groups in total. The standard InChI is InChI=1S/C15H17F2N5/c1-10-2-4-19-15(20-10)21-11-3-5-22(8-11)9-12-13(16)6-18-7-14(12)17/h2,4,6-7,11H,3,5,8-9H2,1H3,(H,19,20,21). The Morgan fingerprint density at radius 1 is 1.32 bits per heavy atom. The van der Waals surface area contributed by atoms with Crippen LogP contribution in [0.4, 0.5) is 14.7 Å². The smallest absolute Gasteiger partial charge is 0.223 e. The molecule has 7 heteroatoms. The molecule has 5 nitrogen and oxygen atoms in total. The van der Waals surface area contributed by atoms with Crippen molar-refractivity contribution in [3.63, 3.8) is 0 Å². The summed E-state index contributed by atoms with van der Waals surface area (Å²) in [4.78, 5) is 14.0. The molecule has 0 radical (unpaired) electrons. The minimum absolute atomic E-state index is 0.0717. The Morgan fingerprint density at radius 2 is 2.09 bits per heavy atom. The van der Waals surface area contributed by atoms with Gasteiger partial charge in [-0.05, 0) is 19.4 Å². The normalized spacial score (nSPS) is 18.6. The van der Waals surface area contributed by atoms with Crippen LogP contribution in [0.25, 0.3) is 0 Å². The zero-order valence-corrected chi connectivity index (χ0v) is 12.3. The van der Waals surface area contributed by atoms with Crippen LogP contribution in [0.1, 0.15) is 17.7 Å². The number of likely N-dealkylation sites (tertiary alicyclic amines) is 1. The molecule has 1 aliphatic heterocycles. The van der Waals surface area contributed by atoms with E-state index in [9.17, 15) is 8.78 Å². The molecule has 2 aromatic heterocycles. The Hall–Kier alpha value is -2.15. The average Bonchev–Trinajstić information content (AvgIpc) is 2.90. The second-order valence-electron chi connectivity index (χ2n) is 5.47. The van der Waals surface area contributed by atoms with E-state index in [0.29, 0.717) is 12.5 Å². The summed E-state index contributed by atoms with van der Waals surface area (Å²) in [5.74, 6) is -0.607. The van der Waals surface area contributed by atoms with Crippen molar-refractivity contribution < 1.29 is 8.78 Å². The predicted molar refractivity (Wildman–Crippen MR) is 78.2 cm³/mol. The molecule has 0 amide bonds. The number of rotatable bonds is 4. The molecule has 3 heterocycles. The van der Waals surface area contributed by atoms with Crippen molar-refractivity contribution in [2.24, 2.45) is 0 Å². The third-order valence-corrected chi connectivity index (χ3v) is 3.73. The highest BCUT2D eigenvalue weighted by Gasteiger charge is 2.24. The van der Waals surface area contributed by atoms with Crippen molar-refractivity contribution in [3.8, 4) is 0 Å². The summed E-state index contributed by atoms with van der Waals surface area (Å²) in [5.41, 5.74) is 0.968. The maximum Gasteiger partial charge on any atom is 0.223 e. The summed E-state index contributed by atoms with van der Waals surface area (Å²) in [6, 6.07) is 2.01. The SMILES string of the molecule is Cc1ccnc(NC2CCN(Cc3c(F)cncc3F)C2)n1. The number of pyridine rings is 1. The molecule has 2 aromatic rings. The number of aromatic nitrogens is 3. The fourth-order valence-electron chi connectivity index (χ4n) is 2.61. The largest absolute Gasteiger partial charge is 0.350 e. The fraction of sp³-hybridized carbons (Fsp3) is 0.400. The molecule has 1 saturated heterocycles. The second-order valence-corrected chi connectivity index (χ2v) is 5.47. The maximum absolute atomic E-state index is 13.6. The second kappa shape index (κ2) is 6.31. The third-order valence-electron chi connectivity index (χ3n) is 3.73. The van der Waals surface area contributed by atoms with E-state index in [2.05, 4.69) is 20.3 Å². The average molecular weight is 305 g/mol. The first-order chi connectivity index (χ1) is 10.6. The van der Waals surface area contributed by atoms with Crippen LogP contribution in [-0.2, 0) is 6.54 Å². The van der Waals surface area contributed by atoms with Gasteiger partial charge in [0.1, 0.15) is 11.6 Å². The van der Waals surface area contributed by atoms with Gasteiger partial charge >= 0.3 is 0 Å². The molecule has 22 heavy (non-hydrogen) atoms. The zero-order valence-electron chi connectivity index (χ0n) is 12.3. The van der Waals surface area contributed by atoms with Gasteiger partial charge in [0.2, 0.25) is 5.95 Å². The highest BCUT2D eigenvalue weighted by Crippen LogP contribution is 2.19. The molecule has 0 bridgehead atoms. The van der Waals surface area contributed by atoms with Gasteiger partial charge in [0.05, 0.1) is 12.4 Å². The first kappa shape index (κ1) is 14.8. The van der Waals surface area contributed by atoms with Crippen LogP contribution in [-0.4, -0.2) is 39.0 Å². The van der Waals surface area contributed by atoms with Crippen LogP contribution in [0.2, 0.25) is 0 Å². The molecule has 1 aliphatic rings. The Labute approximate surface area is 127 Å². The van der Waals surface area contributed by atoms with Gasteiger partial charge in [-0.3, -0.25) is 9.88 Å². The monoisotopic (exact) mass is 305 g/mol. The highest BCUT2D eigenvalue weighted by atomic mass is 19.1. The van der Waals surface area contributed by atoms with Gasteiger partial charge < -0.3 is 5.32 Å². The minimum Gasteiger partial charge on any atom is -0.350 e. The molecule has 0 aliphatic carbocycles. The third kappa shape index (κ3) is 3.36. The van der Waals surface area contributed by atoms with Gasteiger partial charge in [0.25, 0.3) is 0 Å². The molecule has 1 fully saturated rings. The first-order valence-electron chi connectivity index (χ1n) is 7.18. The quantitative estimate of drug-likeness (QED) is 0.938. The fourth-order valence-corrected chi connectivity index (χ4v) is 2.61. The summed E-state index contributed by atoms with van der Waals surface area (Å²) < 4.78 is 27.3. The van der Waals surface area contributed by atoms with E-state index in [1.54, 1.807) is 6.20 Å². The number of nitrogens with zero attached hydrogens (tertiary/aromatic N) is 4. The van der Waals surface area contributed by atoms with E-state index in [1.807, 2.05) is 17.9 Å². The molecular weight excluding hydrogens is 288 g/mol. The van der Waals surface area contributed by atoms with E-state index in [4.69, 9.17) is 0 Å². The maximum atomic E-state index is 13.6. The van der Waals surface area contributed by atoms with E-state index in [0.717, 1.165) is 31.1 Å². The minimum atomic E-state index is -0.599. The van der Waals surface area contributed by atoms with Crippen LogP contribution in [0.3, 0.4) is 0 Å². The Morgan fingerprint density at radius 3 is 2.82 bits per heavy atom. The van der Waals surface area contributed by atoms with Crippen LogP contribution in [0, 0.1) is 18.6 Å². The summed E-state index contributed by atoms with van der Waals surface area (Å²) >= 11 is 0. The molecule has 3 rings (SSSR count). The molecule has 0 aromatic carbocycles. The van der Waals surface area contributed by atoms with Crippen LogP contribution in [0.15, 0.2) is 24.7 Å². The van der Waals surface area contributed by atoms with E-state index >= 15 is 0 Å². The number of anilines is 1. The van der Waals surface area contributed by atoms with E-state index in [-0.39, 0.29) is 18.2 Å². The van der Waals surface area contributed by atoms with E-state index < -0.39 is 11.6 Å². The molecule has 0 spiro atoms. The van der Waals surface area contributed by atoms with Crippen molar-refractivity contribution >= 4 is 5.95 Å². The number of aryl methyl sites for hydroxylation is 1. The van der Waals surface area contributed by atoms with Gasteiger partial charge in [0, 0.05) is 43.1 Å². The number of hydrogen-bond acceptors (Lipinski definition) is 5. The Kier molecular flexibility index (Phi) is 4.24. The van der Waals surface area contributed by atoms with Gasteiger partial charge in [-0.1, -0.05) is 0 Å². The van der Waals surface area contributed by atoms with Crippen molar-refractivity contribution in [2.75, 3.05) is 18.4 Å². The van der Waals surface area contributed by atoms with Crippen LogP contribution >= 0.6 is 0 Å². The van der Waals surface area contributed by atoms with Crippen molar-refractivity contribution in [1.29, 1.82) is 0 Å². The topological polar surface area (TPSA) is 53.9 Å². The highest BCUT2D eigenvalue weighted by molar-refractivity contribution is 5.27. The van der Waals surface area contributed by atoms with Gasteiger partial charge in [-0.15, -0.1) is 0 Å². The van der Waals surface area contributed by atoms with Gasteiger partial charge in [0.15, 0.2) is 0 Å². The molecule has 1 atom stereocenters. The lowest BCUT2D eigenvalue weighted by atomic mass is 10.2. The number of nitrogens with one attached hydrogen (secondary N) is 1. The van der Waals surface area contributed by atoms with Crippen molar-refractivity contribution in [3.05, 3.63) is 47.5 Å². The molecular formula is C15H17F2N5. The predicted octanol–water partition coefficient (Wildman–Crippen LogP) is 2.14. The Balaban J connectivity index is 1.61. The lowest BCUT2D eigenvalue weighted by Crippen LogP contribution is -2.27. The number of halogens is 2. The van der Waals surface area contributed by atoms with Crippen molar-refractivity contribution in [2.45, 2.75) is 25.9 Å². The summed E-state index contributed by atoms with van der Waals surface area (Å²) in [5, 5.41) is 3.26.